The SMILES string of the molecule is CCOC(=O)C1CCN(C(=O)N2CC[C@](c3ccc(C(OCC4CCCCC4)(C(F)(F)F)C(F)(F)F)cc3)(S(=O)c3ccc(F)cc3)C2)CC1. The molecule has 1 aliphatic carbocycles. The summed E-state index contributed by atoms with van der Waals surface area (Å²) in [6, 6.07) is 7.99. The molecule has 15 heteroatoms. The van der Waals surface area contributed by atoms with Crippen LogP contribution < -0.4 is 0 Å². The Labute approximate surface area is 288 Å². The fourth-order valence-electron chi connectivity index (χ4n) is 7.33. The minimum absolute atomic E-state index is 0.0588. The molecule has 7 nitrogen and oxygen atoms in total. The predicted molar refractivity (Wildman–Crippen MR) is 170 cm³/mol. The summed E-state index contributed by atoms with van der Waals surface area (Å²) >= 11 is 0. The number of benzene rings is 2. The number of halogens is 7. The van der Waals surface area contributed by atoms with E-state index in [-0.39, 0.29) is 61.6 Å². The first-order valence-corrected chi connectivity index (χ1v) is 18.0. The highest BCUT2D eigenvalue weighted by atomic mass is 32.2. The number of amides is 2. The molecule has 2 aromatic rings. The molecule has 2 aliphatic heterocycles. The molecule has 2 atom stereocenters. The zero-order valence-corrected chi connectivity index (χ0v) is 28.5. The zero-order chi connectivity index (χ0) is 36.3. The molecule has 1 saturated carbocycles. The van der Waals surface area contributed by atoms with Crippen LogP contribution in [0, 0.1) is 17.7 Å². The number of carbonyl (C=O) groups is 2. The molecular formula is C35H41F7N2O5S. The van der Waals surface area contributed by atoms with Crippen LogP contribution in [0.4, 0.5) is 35.5 Å². The van der Waals surface area contributed by atoms with Crippen LogP contribution in [0.3, 0.4) is 0 Å². The van der Waals surface area contributed by atoms with Crippen molar-refractivity contribution in [3.63, 3.8) is 0 Å². The van der Waals surface area contributed by atoms with Crippen LogP contribution in [0.25, 0.3) is 0 Å². The molecule has 1 unspecified atom stereocenters. The number of ether oxygens (including phenoxy) is 2. The number of esters is 1. The van der Waals surface area contributed by atoms with Gasteiger partial charge in [0.1, 0.15) is 5.82 Å². The summed E-state index contributed by atoms with van der Waals surface area (Å²) in [7, 11) is -2.02. The number of likely N-dealkylation sites (tertiary alicyclic amines) is 2. The maximum absolute atomic E-state index is 14.6. The van der Waals surface area contributed by atoms with Crippen LogP contribution in [0.15, 0.2) is 53.4 Å². The van der Waals surface area contributed by atoms with Gasteiger partial charge in [0.15, 0.2) is 0 Å². The Morgan fingerprint density at radius 2 is 1.44 bits per heavy atom. The van der Waals surface area contributed by atoms with Crippen molar-refractivity contribution in [3.05, 3.63) is 65.5 Å². The van der Waals surface area contributed by atoms with Gasteiger partial charge >= 0.3 is 24.4 Å². The highest BCUT2D eigenvalue weighted by molar-refractivity contribution is 7.86. The van der Waals surface area contributed by atoms with Gasteiger partial charge in [-0.25, -0.2) is 9.18 Å². The molecule has 0 spiro atoms. The van der Waals surface area contributed by atoms with Gasteiger partial charge in [0.05, 0.1) is 34.7 Å². The van der Waals surface area contributed by atoms with Crippen LogP contribution >= 0.6 is 0 Å². The lowest BCUT2D eigenvalue weighted by molar-refractivity contribution is -0.391. The van der Waals surface area contributed by atoms with Crippen LogP contribution in [0.5, 0.6) is 0 Å². The van der Waals surface area contributed by atoms with Crippen molar-refractivity contribution < 1.29 is 54.0 Å². The van der Waals surface area contributed by atoms with E-state index in [1.807, 2.05) is 0 Å². The summed E-state index contributed by atoms with van der Waals surface area (Å²) in [5, 5.41) is 0. The second-order valence-corrected chi connectivity index (χ2v) is 15.0. The summed E-state index contributed by atoms with van der Waals surface area (Å²) < 4.78 is 124. The Morgan fingerprint density at radius 1 is 0.840 bits per heavy atom. The van der Waals surface area contributed by atoms with Gasteiger partial charge in [0.25, 0.3) is 5.60 Å². The first kappa shape index (κ1) is 38.0. The van der Waals surface area contributed by atoms with Crippen molar-refractivity contribution >= 4 is 22.8 Å². The van der Waals surface area contributed by atoms with Crippen molar-refractivity contribution in [2.24, 2.45) is 11.8 Å². The van der Waals surface area contributed by atoms with E-state index in [4.69, 9.17) is 9.47 Å². The van der Waals surface area contributed by atoms with Gasteiger partial charge in [-0.15, -0.1) is 0 Å². The fourth-order valence-corrected chi connectivity index (χ4v) is 9.06. The maximum atomic E-state index is 14.6. The minimum Gasteiger partial charge on any atom is -0.466 e. The molecular weight excluding hydrogens is 693 g/mol. The summed E-state index contributed by atoms with van der Waals surface area (Å²) in [5.41, 5.74) is -5.59. The number of hydrogen-bond donors (Lipinski definition) is 0. The molecule has 2 aromatic carbocycles. The smallest absolute Gasteiger partial charge is 0.430 e. The molecule has 5 rings (SSSR count). The quantitative estimate of drug-likeness (QED) is 0.194. The lowest BCUT2D eigenvalue weighted by Crippen LogP contribution is -2.56. The highest BCUT2D eigenvalue weighted by Crippen LogP contribution is 2.54. The predicted octanol–water partition coefficient (Wildman–Crippen LogP) is 7.85. The topological polar surface area (TPSA) is 76.2 Å². The average Bonchev–Trinajstić information content (AvgIpc) is 3.55. The summed E-state index contributed by atoms with van der Waals surface area (Å²) in [6.07, 6.45) is -7.67. The molecule has 0 radical (unpaired) electrons. The average molecular weight is 735 g/mol. The number of alkyl halides is 6. The van der Waals surface area contributed by atoms with Crippen molar-refractivity contribution in [1.82, 2.24) is 9.80 Å². The van der Waals surface area contributed by atoms with Gasteiger partial charge in [-0.05, 0) is 74.8 Å². The first-order chi connectivity index (χ1) is 23.6. The molecule has 3 fully saturated rings. The molecule has 0 N–H and O–H groups in total. The van der Waals surface area contributed by atoms with Crippen molar-refractivity contribution in [1.29, 1.82) is 0 Å². The Hall–Kier alpha value is -3.20. The van der Waals surface area contributed by atoms with Crippen LogP contribution in [-0.4, -0.2) is 77.8 Å². The van der Waals surface area contributed by atoms with E-state index < -0.39 is 63.4 Å². The number of nitrogens with zero attached hydrogens (tertiary/aromatic N) is 2. The van der Waals surface area contributed by atoms with E-state index in [9.17, 15) is 44.5 Å². The van der Waals surface area contributed by atoms with E-state index in [0.717, 1.165) is 30.7 Å². The van der Waals surface area contributed by atoms with Gasteiger partial charge in [-0.1, -0.05) is 43.5 Å². The van der Waals surface area contributed by atoms with Crippen LogP contribution in [0.1, 0.15) is 69.4 Å². The van der Waals surface area contributed by atoms with E-state index in [1.54, 1.807) is 11.8 Å². The minimum atomic E-state index is -5.85. The number of rotatable bonds is 9. The number of urea groups is 1. The largest absolute Gasteiger partial charge is 0.466 e. The highest BCUT2D eigenvalue weighted by Gasteiger charge is 2.73. The van der Waals surface area contributed by atoms with Crippen molar-refractivity contribution in [2.45, 2.75) is 85.9 Å². The van der Waals surface area contributed by atoms with Crippen LogP contribution in [-0.2, 0) is 35.4 Å². The van der Waals surface area contributed by atoms with E-state index in [1.165, 1.54) is 17.0 Å². The molecule has 2 saturated heterocycles. The summed E-state index contributed by atoms with van der Waals surface area (Å²) in [5.74, 6) is -1.72. The second kappa shape index (κ2) is 15.2. The van der Waals surface area contributed by atoms with Crippen LogP contribution in [0.2, 0.25) is 0 Å². The van der Waals surface area contributed by atoms with Gasteiger partial charge in [-0.3, -0.25) is 9.00 Å². The third kappa shape index (κ3) is 7.54. The number of piperidine rings is 1. The molecule has 2 amide bonds. The van der Waals surface area contributed by atoms with Gasteiger partial charge in [-0.2, -0.15) is 26.3 Å². The Morgan fingerprint density at radius 3 is 2.00 bits per heavy atom. The van der Waals surface area contributed by atoms with Gasteiger partial charge in [0.2, 0.25) is 0 Å². The lowest BCUT2D eigenvalue weighted by atomic mass is 9.87. The number of carbonyl (C=O) groups excluding carboxylic acids is 2. The normalized spacial score (nSPS) is 22.1. The molecule has 3 aliphatic rings. The molecule has 276 valence electrons. The van der Waals surface area contributed by atoms with Gasteiger partial charge in [0, 0.05) is 36.6 Å². The van der Waals surface area contributed by atoms with E-state index in [0.29, 0.717) is 50.7 Å². The fraction of sp³-hybridized carbons (Fsp3) is 0.600. The number of hydrogen-bond acceptors (Lipinski definition) is 5. The third-order valence-electron chi connectivity index (χ3n) is 10.1. The molecule has 50 heavy (non-hydrogen) atoms. The Kier molecular flexibility index (Phi) is 11.6. The van der Waals surface area contributed by atoms with Crippen molar-refractivity contribution in [3.8, 4) is 0 Å². The maximum Gasteiger partial charge on any atom is 0.430 e. The van der Waals surface area contributed by atoms with E-state index >= 15 is 0 Å². The van der Waals surface area contributed by atoms with Crippen molar-refractivity contribution in [2.75, 3.05) is 39.4 Å². The Bertz CT molecular complexity index is 1490. The summed E-state index contributed by atoms with van der Waals surface area (Å²) in [4.78, 5) is 29.0. The molecule has 2 heterocycles. The van der Waals surface area contributed by atoms with Gasteiger partial charge < -0.3 is 19.3 Å². The summed E-state index contributed by atoms with van der Waals surface area (Å²) in [6.45, 7) is 1.67. The monoisotopic (exact) mass is 734 g/mol. The zero-order valence-electron chi connectivity index (χ0n) is 27.7. The first-order valence-electron chi connectivity index (χ1n) is 16.9. The lowest BCUT2D eigenvalue weighted by Gasteiger charge is -2.39. The standard InChI is InChI=1S/C35H41F7N2O5S/c1-2-48-30(45)25-16-19-43(20-17-25)31(46)44-21-18-32(23-44,50(47)29-14-12-28(36)13-15-29)26-8-10-27(11-9-26)33(34(37,38)39,35(40,41)42)49-22-24-6-4-3-5-7-24/h8-15,24-25H,2-7,16-23H2,1H3/t32-,50?/m0/s1. The Balaban J connectivity index is 1.46. The third-order valence-corrected chi connectivity index (χ3v) is 12.1. The second-order valence-electron chi connectivity index (χ2n) is 13.3. The molecule has 0 aromatic heterocycles. The molecule has 0 bridgehead atoms. The van der Waals surface area contributed by atoms with E-state index in [2.05, 4.69) is 0 Å².